The van der Waals surface area contributed by atoms with Crippen molar-refractivity contribution in [2.75, 3.05) is 7.11 Å². The van der Waals surface area contributed by atoms with Gasteiger partial charge in [0.25, 0.3) is 0 Å². The van der Waals surface area contributed by atoms with Crippen LogP contribution in [0.15, 0.2) is 24.3 Å². The Hall–Kier alpha value is -1.51. The third-order valence-electron chi connectivity index (χ3n) is 1.33. The largest absolute Gasteiger partial charge is 0.545 e. The predicted octanol–water partition coefficient (Wildman–Crippen LogP) is 0.0587. The zero-order valence-corrected chi connectivity index (χ0v) is 6.03. The molecule has 0 aromatic heterocycles. The lowest BCUT2D eigenvalue weighted by atomic mass is 10.2. The summed E-state index contributed by atoms with van der Waals surface area (Å²) in [6.07, 6.45) is 0. The van der Waals surface area contributed by atoms with Gasteiger partial charge < -0.3 is 14.6 Å². The van der Waals surface area contributed by atoms with Gasteiger partial charge in [-0.2, -0.15) is 0 Å². The van der Waals surface area contributed by atoms with E-state index in [4.69, 9.17) is 4.74 Å². The summed E-state index contributed by atoms with van der Waals surface area (Å²) >= 11 is 0. The van der Waals surface area contributed by atoms with Gasteiger partial charge in [0.2, 0.25) is 0 Å². The Labute approximate surface area is 64.2 Å². The van der Waals surface area contributed by atoms with Crippen molar-refractivity contribution < 1.29 is 14.6 Å². The summed E-state index contributed by atoms with van der Waals surface area (Å²) in [7, 11) is 1.42. The van der Waals surface area contributed by atoms with E-state index in [1.54, 1.807) is 18.2 Å². The van der Waals surface area contributed by atoms with Gasteiger partial charge in [0.05, 0.1) is 13.1 Å². The van der Waals surface area contributed by atoms with E-state index < -0.39 is 5.97 Å². The van der Waals surface area contributed by atoms with Crippen molar-refractivity contribution >= 4 is 5.97 Å². The highest BCUT2D eigenvalue weighted by Gasteiger charge is 1.99. The van der Waals surface area contributed by atoms with Gasteiger partial charge in [-0.25, -0.2) is 0 Å². The van der Waals surface area contributed by atoms with E-state index in [9.17, 15) is 9.90 Å². The second-order valence-corrected chi connectivity index (χ2v) is 1.99. The summed E-state index contributed by atoms with van der Waals surface area (Å²) in [5.74, 6) is -0.894. The minimum absolute atomic E-state index is 0.0787. The summed E-state index contributed by atoms with van der Waals surface area (Å²) < 4.78 is 4.79. The SMILES string of the molecule is COc1ccccc1C(=O)[O-]. The highest BCUT2D eigenvalue weighted by molar-refractivity contribution is 5.89. The summed E-state index contributed by atoms with van der Waals surface area (Å²) in [5.41, 5.74) is 0.0787. The molecule has 58 valence electrons. The molecule has 0 saturated carbocycles. The maximum absolute atomic E-state index is 10.4. The van der Waals surface area contributed by atoms with Gasteiger partial charge >= 0.3 is 0 Å². The number of carbonyl (C=O) groups excluding carboxylic acids is 1. The maximum atomic E-state index is 10.4. The summed E-state index contributed by atoms with van der Waals surface area (Å²) in [6.45, 7) is 0. The summed E-state index contributed by atoms with van der Waals surface area (Å²) in [5, 5.41) is 10.4. The van der Waals surface area contributed by atoms with Gasteiger partial charge in [-0.05, 0) is 12.1 Å². The number of hydrogen-bond acceptors (Lipinski definition) is 3. The Morgan fingerprint density at radius 2 is 2.09 bits per heavy atom. The second kappa shape index (κ2) is 3.05. The molecule has 0 fully saturated rings. The Morgan fingerprint density at radius 3 is 2.55 bits per heavy atom. The van der Waals surface area contributed by atoms with E-state index in [0.717, 1.165) is 0 Å². The van der Waals surface area contributed by atoms with Crippen LogP contribution in [0.25, 0.3) is 0 Å². The van der Waals surface area contributed by atoms with E-state index in [-0.39, 0.29) is 5.56 Å². The van der Waals surface area contributed by atoms with Crippen LogP contribution in [0.5, 0.6) is 5.75 Å². The first-order valence-electron chi connectivity index (χ1n) is 3.10. The van der Waals surface area contributed by atoms with E-state index in [1.165, 1.54) is 13.2 Å². The predicted molar refractivity (Wildman–Crippen MR) is 37.3 cm³/mol. The van der Waals surface area contributed by atoms with Crippen molar-refractivity contribution in [3.8, 4) is 5.75 Å². The fourth-order valence-electron chi connectivity index (χ4n) is 0.813. The highest BCUT2D eigenvalue weighted by atomic mass is 16.5. The average molecular weight is 151 g/mol. The number of hydrogen-bond donors (Lipinski definition) is 0. The second-order valence-electron chi connectivity index (χ2n) is 1.99. The molecule has 3 nitrogen and oxygen atoms in total. The molecule has 0 spiro atoms. The van der Waals surface area contributed by atoms with Crippen molar-refractivity contribution in [2.45, 2.75) is 0 Å². The van der Waals surface area contributed by atoms with Gasteiger partial charge in [-0.15, -0.1) is 0 Å². The Kier molecular flexibility index (Phi) is 2.11. The van der Waals surface area contributed by atoms with Crippen molar-refractivity contribution in [1.82, 2.24) is 0 Å². The molecule has 1 rings (SSSR count). The highest BCUT2D eigenvalue weighted by Crippen LogP contribution is 2.15. The molecule has 0 amide bonds. The topological polar surface area (TPSA) is 49.4 Å². The smallest absolute Gasteiger partial charge is 0.127 e. The number of benzene rings is 1. The number of ether oxygens (including phenoxy) is 1. The molecule has 0 aliphatic rings. The summed E-state index contributed by atoms with van der Waals surface area (Å²) in [6, 6.07) is 6.33. The van der Waals surface area contributed by atoms with Crippen LogP contribution in [0.3, 0.4) is 0 Å². The minimum Gasteiger partial charge on any atom is -0.545 e. The van der Waals surface area contributed by atoms with Crippen LogP contribution in [0, 0.1) is 0 Å². The lowest BCUT2D eigenvalue weighted by molar-refractivity contribution is -0.255. The monoisotopic (exact) mass is 151 g/mol. The quantitative estimate of drug-likeness (QED) is 0.600. The molecular weight excluding hydrogens is 144 g/mol. The number of carboxylic acids is 1. The number of aromatic carboxylic acids is 1. The van der Waals surface area contributed by atoms with Gasteiger partial charge in [0, 0.05) is 5.56 Å². The molecule has 0 atom stereocenters. The minimum atomic E-state index is -1.22. The van der Waals surface area contributed by atoms with Crippen LogP contribution in [0.4, 0.5) is 0 Å². The molecule has 0 aliphatic carbocycles. The normalized spacial score (nSPS) is 9.18. The molecule has 0 N–H and O–H groups in total. The Morgan fingerprint density at radius 1 is 1.45 bits per heavy atom. The van der Waals surface area contributed by atoms with Crippen molar-refractivity contribution in [3.05, 3.63) is 29.8 Å². The van der Waals surface area contributed by atoms with Crippen molar-refractivity contribution in [1.29, 1.82) is 0 Å². The third-order valence-corrected chi connectivity index (χ3v) is 1.33. The van der Waals surface area contributed by atoms with E-state index in [0.29, 0.717) is 5.75 Å². The van der Waals surface area contributed by atoms with Gasteiger partial charge in [-0.1, -0.05) is 12.1 Å². The third kappa shape index (κ3) is 1.49. The number of carbonyl (C=O) groups is 1. The molecule has 1 aromatic rings. The first-order valence-corrected chi connectivity index (χ1v) is 3.10. The number of methoxy groups -OCH3 is 1. The fraction of sp³-hybridized carbons (Fsp3) is 0.125. The maximum Gasteiger partial charge on any atom is 0.127 e. The lowest BCUT2D eigenvalue weighted by Gasteiger charge is -2.07. The Bertz CT molecular complexity index is 268. The molecule has 0 unspecified atom stereocenters. The van der Waals surface area contributed by atoms with Crippen LogP contribution >= 0.6 is 0 Å². The summed E-state index contributed by atoms with van der Waals surface area (Å²) in [4.78, 5) is 10.4. The number of carboxylic acid groups (broad SMARTS) is 1. The van der Waals surface area contributed by atoms with Crippen LogP contribution in [-0.2, 0) is 0 Å². The van der Waals surface area contributed by atoms with Crippen LogP contribution in [-0.4, -0.2) is 13.1 Å². The molecule has 1 aromatic carbocycles. The molecule has 0 saturated heterocycles. The first-order chi connectivity index (χ1) is 5.25. The Balaban J connectivity index is 3.12. The van der Waals surface area contributed by atoms with Crippen LogP contribution in [0.2, 0.25) is 0 Å². The lowest BCUT2D eigenvalue weighted by Crippen LogP contribution is -2.22. The fourth-order valence-corrected chi connectivity index (χ4v) is 0.813. The number of para-hydroxylation sites is 1. The molecule has 11 heavy (non-hydrogen) atoms. The molecular formula is C8H7O3-. The van der Waals surface area contributed by atoms with E-state index in [2.05, 4.69) is 0 Å². The van der Waals surface area contributed by atoms with E-state index >= 15 is 0 Å². The molecule has 0 radical (unpaired) electrons. The zero-order chi connectivity index (χ0) is 8.27. The van der Waals surface area contributed by atoms with Crippen molar-refractivity contribution in [2.24, 2.45) is 0 Å². The first kappa shape index (κ1) is 7.60. The molecule has 0 heterocycles. The van der Waals surface area contributed by atoms with Gasteiger partial charge in [0.15, 0.2) is 0 Å². The number of rotatable bonds is 2. The molecule has 0 bridgehead atoms. The van der Waals surface area contributed by atoms with Crippen LogP contribution in [0.1, 0.15) is 10.4 Å². The van der Waals surface area contributed by atoms with Gasteiger partial charge in [0.1, 0.15) is 5.75 Å². The van der Waals surface area contributed by atoms with Crippen LogP contribution < -0.4 is 9.84 Å². The van der Waals surface area contributed by atoms with E-state index in [1.807, 2.05) is 0 Å². The average Bonchev–Trinajstić information content (AvgIpc) is 2.04. The zero-order valence-electron chi connectivity index (χ0n) is 6.03. The van der Waals surface area contributed by atoms with Gasteiger partial charge in [-0.3, -0.25) is 0 Å². The molecule has 3 heteroatoms. The van der Waals surface area contributed by atoms with Crippen molar-refractivity contribution in [3.63, 3.8) is 0 Å². The standard InChI is InChI=1S/C8H8O3/c1-11-7-5-3-2-4-6(7)8(9)10/h2-5H,1H3,(H,9,10)/p-1. The molecule has 0 aliphatic heterocycles.